The second-order valence-electron chi connectivity index (χ2n) is 11.0. The zero-order valence-electron chi connectivity index (χ0n) is 24.7. The summed E-state index contributed by atoms with van der Waals surface area (Å²) in [5.41, 5.74) is 6.30. The summed E-state index contributed by atoms with van der Waals surface area (Å²) in [6.45, 7) is -1.87. The van der Waals surface area contributed by atoms with Gasteiger partial charge in [0.05, 0.1) is 18.5 Å². The van der Waals surface area contributed by atoms with Crippen molar-refractivity contribution >= 4 is 45.2 Å². The molecule has 0 atom stereocenters. The van der Waals surface area contributed by atoms with E-state index in [9.17, 15) is 4.79 Å². The monoisotopic (exact) mass is 838 g/mol. The molecule has 5 aromatic rings. The van der Waals surface area contributed by atoms with Crippen LogP contribution < -0.4 is 0 Å². The fraction of sp³-hybridized carbons (Fsp3) is 0.158. The van der Waals surface area contributed by atoms with E-state index in [0.29, 0.717) is 0 Å². The Labute approximate surface area is 281 Å². The van der Waals surface area contributed by atoms with E-state index >= 15 is 0 Å². The Morgan fingerprint density at radius 3 is 1.30 bits per heavy atom. The van der Waals surface area contributed by atoms with Crippen LogP contribution in [0.25, 0.3) is 0 Å². The molecule has 0 fully saturated rings. The molecule has 0 N–H and O–H groups in total. The average Bonchev–Trinajstić information content (AvgIpc) is 3.06. The molecule has 44 heavy (non-hydrogen) atoms. The summed E-state index contributed by atoms with van der Waals surface area (Å²) >= 11 is -0.472. The van der Waals surface area contributed by atoms with Crippen LogP contribution in [0.4, 0.5) is 0 Å². The van der Waals surface area contributed by atoms with E-state index < -0.39 is 31.3 Å². The van der Waals surface area contributed by atoms with Crippen LogP contribution in [-0.2, 0) is 41.1 Å². The molecule has 0 saturated heterocycles. The number of benzene rings is 5. The molecular weight excluding hydrogens is 800 g/mol. The van der Waals surface area contributed by atoms with Crippen molar-refractivity contribution in [3.8, 4) is 0 Å². The van der Waals surface area contributed by atoms with Crippen LogP contribution in [0.5, 0.6) is 0 Å². The van der Waals surface area contributed by atoms with Crippen LogP contribution >= 0.6 is 33.6 Å². The van der Waals surface area contributed by atoms with Gasteiger partial charge in [0, 0.05) is 19.6 Å². The van der Waals surface area contributed by atoms with Gasteiger partial charge in [-0.15, -0.1) is 0 Å². The van der Waals surface area contributed by atoms with Crippen molar-refractivity contribution in [1.29, 1.82) is 0 Å². The molecule has 0 saturated carbocycles. The van der Waals surface area contributed by atoms with Gasteiger partial charge in [-0.05, 0) is 40.4 Å². The molecule has 5 aromatic carbocycles. The van der Waals surface area contributed by atoms with E-state index in [0.717, 1.165) is 36.4 Å². The predicted octanol–water partition coefficient (Wildman–Crippen LogP) is 11.1. The van der Waals surface area contributed by atoms with E-state index in [1.807, 2.05) is 30.3 Å². The summed E-state index contributed by atoms with van der Waals surface area (Å²) in [6.07, 6.45) is 6.46. The molecule has 0 heterocycles. The first kappa shape index (κ1) is 34.6. The van der Waals surface area contributed by atoms with Crippen LogP contribution in [0.15, 0.2) is 152 Å². The van der Waals surface area contributed by atoms with Gasteiger partial charge in [-0.25, -0.2) is 0 Å². The number of hydrogen-bond donors (Lipinski definition) is 0. The first-order valence-corrected chi connectivity index (χ1v) is 24.9. The Morgan fingerprint density at radius 2 is 0.909 bits per heavy atom. The number of ketones is 1. The van der Waals surface area contributed by atoms with Crippen molar-refractivity contribution in [3.63, 3.8) is 0 Å². The molecule has 0 amide bonds. The van der Waals surface area contributed by atoms with Gasteiger partial charge in [-0.1, -0.05) is 159 Å². The number of hydrogen-bond acceptors (Lipinski definition) is 1. The molecule has 5 rings (SSSR count). The summed E-state index contributed by atoms with van der Waals surface area (Å²) in [4.78, 5) is 13.8. The van der Waals surface area contributed by atoms with Crippen molar-refractivity contribution in [3.05, 3.63) is 179 Å². The van der Waals surface area contributed by atoms with E-state index in [1.165, 1.54) is 28.4 Å². The molecule has 0 unspecified atom stereocenters. The van der Waals surface area contributed by atoms with E-state index in [4.69, 9.17) is 18.8 Å². The van der Waals surface area contributed by atoms with E-state index in [1.54, 1.807) is 0 Å². The average molecular weight is 840 g/mol. The summed E-state index contributed by atoms with van der Waals surface area (Å²) < 4.78 is 0. The topological polar surface area (TPSA) is 17.1 Å². The number of halogens is 2. The quantitative estimate of drug-likeness (QED) is 0.0853. The normalized spacial score (nSPS) is 11.1. The zero-order valence-corrected chi connectivity index (χ0v) is 30.4. The SMILES string of the molecule is O=C(C=P(CC[PH+](Cc1ccccc1)Cc1ccccc1)(Cc1ccccc1)Cc1ccccc1)c1ccccc1.[Cl][Pt][Cl]. The summed E-state index contributed by atoms with van der Waals surface area (Å²) in [5, 5.41) is 0. The van der Waals surface area contributed by atoms with Gasteiger partial charge >= 0.3 is 35.3 Å². The van der Waals surface area contributed by atoms with Crippen LogP contribution in [0.3, 0.4) is 0 Å². The molecule has 6 heteroatoms. The van der Waals surface area contributed by atoms with Crippen molar-refractivity contribution in [1.82, 2.24) is 0 Å². The van der Waals surface area contributed by atoms with Gasteiger partial charge in [0.15, 0.2) is 5.78 Å². The molecule has 0 aromatic heterocycles. The standard InChI is InChI=1S/C38H38OP2.2ClH.Pt/c39-38(37-24-14-5-15-25-37)32-41(30-35-20-10-3-11-21-35,31-36-22-12-4-13-23-36)27-26-40(28-33-16-6-1-7-17-33)29-34-18-8-2-9-19-34;;;/h1-25,32H,26-31H2;2*1H;/q;;;+2/p-1. The van der Waals surface area contributed by atoms with Gasteiger partial charge in [-0.3, -0.25) is 4.79 Å². The predicted molar refractivity (Wildman–Crippen MR) is 194 cm³/mol. The molecular formula is C38H39Cl2OP2Pt+. The number of carbonyl (C=O) groups is 1. The van der Waals surface area contributed by atoms with Crippen molar-refractivity contribution < 1.29 is 21.3 Å². The first-order valence-electron chi connectivity index (χ1n) is 14.7. The molecule has 230 valence electrons. The zero-order chi connectivity index (χ0) is 30.9. The fourth-order valence-electron chi connectivity index (χ4n) is 5.58. The third-order valence-corrected chi connectivity index (χ3v) is 14.7. The van der Waals surface area contributed by atoms with Crippen molar-refractivity contribution in [2.75, 3.05) is 12.3 Å². The van der Waals surface area contributed by atoms with Gasteiger partial charge < -0.3 is 0 Å². The van der Waals surface area contributed by atoms with Gasteiger partial charge in [0.25, 0.3) is 0 Å². The van der Waals surface area contributed by atoms with Crippen molar-refractivity contribution in [2.45, 2.75) is 24.6 Å². The number of carbonyl (C=O) groups excluding carboxylic acids is 1. The Morgan fingerprint density at radius 1 is 0.568 bits per heavy atom. The Kier molecular flexibility index (Phi) is 15.2. The van der Waals surface area contributed by atoms with E-state index in [2.05, 4.69) is 127 Å². The minimum absolute atomic E-state index is 0.172. The molecule has 0 bridgehead atoms. The minimum atomic E-state index is -1.87. The summed E-state index contributed by atoms with van der Waals surface area (Å²) in [6, 6.07) is 53.4. The number of Topliss-reactive ketones (excluding diaryl/α,β-unsaturated/α-hetero) is 1. The van der Waals surface area contributed by atoms with E-state index in [-0.39, 0.29) is 5.78 Å². The molecule has 1 nitrogen and oxygen atoms in total. The maximum absolute atomic E-state index is 13.8. The number of rotatable bonds is 13. The molecule has 0 spiro atoms. The molecule has 0 aliphatic rings. The van der Waals surface area contributed by atoms with Crippen LogP contribution in [0.2, 0.25) is 0 Å². The third kappa shape index (κ3) is 11.9. The molecule has 0 radical (unpaired) electrons. The Balaban J connectivity index is 0.00000141. The van der Waals surface area contributed by atoms with Crippen molar-refractivity contribution in [2.24, 2.45) is 0 Å². The van der Waals surface area contributed by atoms with Crippen LogP contribution in [0.1, 0.15) is 32.6 Å². The first-order chi connectivity index (χ1) is 21.6. The van der Waals surface area contributed by atoms with Gasteiger partial charge in [0.2, 0.25) is 0 Å². The van der Waals surface area contributed by atoms with Gasteiger partial charge in [0.1, 0.15) is 0 Å². The second-order valence-corrected chi connectivity index (χ2v) is 20.7. The van der Waals surface area contributed by atoms with Crippen LogP contribution in [-0.4, -0.2) is 23.9 Å². The Hall–Kier alpha value is -2.23. The molecule has 0 aliphatic heterocycles. The summed E-state index contributed by atoms with van der Waals surface area (Å²) in [5.74, 6) is 2.36. The second kappa shape index (κ2) is 19.3. The van der Waals surface area contributed by atoms with Gasteiger partial charge in [-0.2, -0.15) is 0 Å². The molecule has 0 aliphatic carbocycles. The third-order valence-electron chi connectivity index (χ3n) is 7.63. The van der Waals surface area contributed by atoms with Crippen LogP contribution in [0, 0.1) is 0 Å². The fourth-order valence-corrected chi connectivity index (χ4v) is 14.0. The summed E-state index contributed by atoms with van der Waals surface area (Å²) in [7, 11) is 8.98. The Bertz CT molecular complexity index is 1480. The maximum atomic E-state index is 13.8.